The summed E-state index contributed by atoms with van der Waals surface area (Å²) in [6, 6.07) is 15.9. The topological polar surface area (TPSA) is 47.6 Å². The first-order valence-electron chi connectivity index (χ1n) is 10.0. The molecule has 156 valence electrons. The molecule has 0 aromatic heterocycles. The van der Waals surface area contributed by atoms with Crippen molar-refractivity contribution in [3.63, 3.8) is 0 Å². The summed E-state index contributed by atoms with van der Waals surface area (Å²) in [6.45, 7) is 7.68. The molecule has 2 fully saturated rings. The molecule has 0 bridgehead atoms. The molecule has 0 radical (unpaired) electrons. The summed E-state index contributed by atoms with van der Waals surface area (Å²) in [5, 5.41) is 6.86. The Bertz CT molecular complexity index is 826. The molecular formula is C22H28Cl2N4O. The van der Waals surface area contributed by atoms with Gasteiger partial charge in [0.1, 0.15) is 0 Å². The average molecular weight is 435 g/mol. The Hall–Kier alpha value is -1.63. The van der Waals surface area contributed by atoms with Crippen LogP contribution in [0.1, 0.15) is 22.3 Å². The second-order valence-corrected chi connectivity index (χ2v) is 8.01. The van der Waals surface area contributed by atoms with Gasteiger partial charge in [-0.05, 0) is 36.2 Å². The lowest BCUT2D eigenvalue weighted by molar-refractivity contribution is 0.102. The predicted molar refractivity (Wildman–Crippen MR) is 121 cm³/mol. The fourth-order valence-electron chi connectivity index (χ4n) is 4.15. The Morgan fingerprint density at radius 2 is 1.90 bits per heavy atom. The van der Waals surface area contributed by atoms with Crippen LogP contribution in [-0.4, -0.2) is 61.0 Å². The Kier molecular flexibility index (Phi) is 7.92. The van der Waals surface area contributed by atoms with Crippen molar-refractivity contribution in [2.75, 3.05) is 44.6 Å². The van der Waals surface area contributed by atoms with Crippen molar-refractivity contribution in [1.82, 2.24) is 15.1 Å². The van der Waals surface area contributed by atoms with Crippen LogP contribution < -0.4 is 10.6 Å². The zero-order valence-electron chi connectivity index (χ0n) is 16.4. The van der Waals surface area contributed by atoms with Crippen molar-refractivity contribution in [3.8, 4) is 0 Å². The maximum atomic E-state index is 12.5. The van der Waals surface area contributed by atoms with Gasteiger partial charge >= 0.3 is 0 Å². The van der Waals surface area contributed by atoms with Gasteiger partial charge in [0.05, 0.1) is 10.6 Å². The van der Waals surface area contributed by atoms with Crippen LogP contribution in [0.4, 0.5) is 5.69 Å². The number of piperazine rings is 1. The number of likely N-dealkylation sites (tertiary alicyclic amines) is 1. The number of benzene rings is 2. The van der Waals surface area contributed by atoms with Gasteiger partial charge in [-0.2, -0.15) is 0 Å². The normalized spacial score (nSPS) is 20.2. The molecule has 2 aromatic carbocycles. The van der Waals surface area contributed by atoms with Crippen LogP contribution >= 0.6 is 24.0 Å². The SMILES string of the molecule is Cl.O=C(Nc1cccc(CN2CCC(N3CCNCC3)C2)c1)c1ccccc1Cl. The summed E-state index contributed by atoms with van der Waals surface area (Å²) in [5.41, 5.74) is 2.52. The molecule has 1 atom stereocenters. The first kappa shape index (κ1) is 22.1. The van der Waals surface area contributed by atoms with Crippen LogP contribution in [-0.2, 0) is 6.54 Å². The molecule has 4 rings (SSSR count). The quantitative estimate of drug-likeness (QED) is 0.755. The highest BCUT2D eigenvalue weighted by Crippen LogP contribution is 2.21. The fourth-order valence-corrected chi connectivity index (χ4v) is 4.37. The number of nitrogens with one attached hydrogen (secondary N) is 2. The number of anilines is 1. The minimum atomic E-state index is -0.178. The largest absolute Gasteiger partial charge is 0.322 e. The molecule has 1 amide bonds. The van der Waals surface area contributed by atoms with Crippen molar-refractivity contribution in [2.45, 2.75) is 19.0 Å². The Labute approximate surface area is 183 Å². The third-order valence-corrected chi connectivity index (χ3v) is 5.95. The maximum Gasteiger partial charge on any atom is 0.257 e. The number of rotatable bonds is 5. The standard InChI is InChI=1S/C22H27ClN4O.ClH/c23-21-7-2-1-6-20(21)22(28)25-18-5-3-4-17(14-18)15-26-11-8-19(16-26)27-12-9-24-10-13-27;/h1-7,14,19,24H,8-13,15-16H2,(H,25,28);1H. The van der Waals surface area contributed by atoms with Gasteiger partial charge in [0.15, 0.2) is 0 Å². The molecule has 0 aliphatic carbocycles. The van der Waals surface area contributed by atoms with E-state index < -0.39 is 0 Å². The van der Waals surface area contributed by atoms with Gasteiger partial charge in [-0.1, -0.05) is 35.9 Å². The van der Waals surface area contributed by atoms with Gasteiger partial charge in [-0.3, -0.25) is 14.6 Å². The van der Waals surface area contributed by atoms with Gasteiger partial charge in [0.2, 0.25) is 0 Å². The molecule has 2 N–H and O–H groups in total. The van der Waals surface area contributed by atoms with E-state index in [1.807, 2.05) is 24.3 Å². The summed E-state index contributed by atoms with van der Waals surface area (Å²) in [6.07, 6.45) is 1.24. The highest BCUT2D eigenvalue weighted by atomic mass is 35.5. The molecule has 5 nitrogen and oxygen atoms in total. The van der Waals surface area contributed by atoms with E-state index in [1.165, 1.54) is 12.0 Å². The van der Waals surface area contributed by atoms with E-state index in [9.17, 15) is 4.79 Å². The maximum absolute atomic E-state index is 12.5. The smallest absolute Gasteiger partial charge is 0.257 e. The zero-order chi connectivity index (χ0) is 19.3. The molecule has 0 saturated carbocycles. The molecule has 1 unspecified atom stereocenters. The van der Waals surface area contributed by atoms with Gasteiger partial charge in [-0.15, -0.1) is 12.4 Å². The summed E-state index contributed by atoms with van der Waals surface area (Å²) in [4.78, 5) is 17.6. The average Bonchev–Trinajstić information content (AvgIpc) is 3.18. The fraction of sp³-hybridized carbons (Fsp3) is 0.409. The number of carbonyl (C=O) groups excluding carboxylic acids is 1. The third-order valence-electron chi connectivity index (χ3n) is 5.62. The van der Waals surface area contributed by atoms with E-state index in [-0.39, 0.29) is 18.3 Å². The van der Waals surface area contributed by atoms with Gasteiger partial charge in [-0.25, -0.2) is 0 Å². The lowest BCUT2D eigenvalue weighted by Crippen LogP contribution is -2.49. The molecule has 2 aromatic rings. The van der Waals surface area contributed by atoms with Crippen LogP contribution in [0.5, 0.6) is 0 Å². The summed E-state index contributed by atoms with van der Waals surface area (Å²) in [7, 11) is 0. The van der Waals surface area contributed by atoms with E-state index in [2.05, 4.69) is 32.6 Å². The van der Waals surface area contributed by atoms with Crippen molar-refractivity contribution in [2.24, 2.45) is 0 Å². The van der Waals surface area contributed by atoms with Gasteiger partial charge in [0, 0.05) is 57.5 Å². The number of carbonyl (C=O) groups is 1. The summed E-state index contributed by atoms with van der Waals surface area (Å²) in [5.74, 6) is -0.178. The third kappa shape index (κ3) is 5.71. The van der Waals surface area contributed by atoms with Gasteiger partial charge in [0.25, 0.3) is 5.91 Å². The molecular weight excluding hydrogens is 407 g/mol. The van der Waals surface area contributed by atoms with Crippen molar-refractivity contribution < 1.29 is 4.79 Å². The molecule has 2 aliphatic heterocycles. The van der Waals surface area contributed by atoms with Crippen molar-refractivity contribution in [1.29, 1.82) is 0 Å². The van der Waals surface area contributed by atoms with Crippen LogP contribution in [0.2, 0.25) is 5.02 Å². The van der Waals surface area contributed by atoms with E-state index in [0.717, 1.165) is 51.5 Å². The van der Waals surface area contributed by atoms with Gasteiger partial charge < -0.3 is 10.6 Å². The lowest BCUT2D eigenvalue weighted by Gasteiger charge is -2.32. The monoisotopic (exact) mass is 434 g/mol. The second-order valence-electron chi connectivity index (χ2n) is 7.60. The highest BCUT2D eigenvalue weighted by Gasteiger charge is 2.28. The Balaban J connectivity index is 0.00000240. The number of hydrogen-bond acceptors (Lipinski definition) is 4. The molecule has 2 saturated heterocycles. The first-order chi connectivity index (χ1) is 13.7. The van der Waals surface area contributed by atoms with E-state index >= 15 is 0 Å². The number of nitrogens with zero attached hydrogens (tertiary/aromatic N) is 2. The minimum Gasteiger partial charge on any atom is -0.322 e. The number of halogens is 2. The Morgan fingerprint density at radius 3 is 2.69 bits per heavy atom. The van der Waals surface area contributed by atoms with E-state index in [4.69, 9.17) is 11.6 Å². The minimum absolute atomic E-state index is 0. The first-order valence-corrected chi connectivity index (χ1v) is 10.4. The molecule has 7 heteroatoms. The predicted octanol–water partition coefficient (Wildman–Crippen LogP) is 3.49. The molecule has 2 heterocycles. The molecule has 2 aliphatic rings. The van der Waals surface area contributed by atoms with Crippen LogP contribution in [0.3, 0.4) is 0 Å². The highest BCUT2D eigenvalue weighted by molar-refractivity contribution is 6.34. The van der Waals surface area contributed by atoms with Crippen LogP contribution in [0, 0.1) is 0 Å². The Morgan fingerprint density at radius 1 is 1.10 bits per heavy atom. The van der Waals surface area contributed by atoms with Crippen LogP contribution in [0.25, 0.3) is 0 Å². The number of hydrogen-bond donors (Lipinski definition) is 2. The zero-order valence-corrected chi connectivity index (χ0v) is 18.0. The molecule has 0 spiro atoms. The number of amides is 1. The lowest BCUT2D eigenvalue weighted by atomic mass is 10.1. The summed E-state index contributed by atoms with van der Waals surface area (Å²) < 4.78 is 0. The van der Waals surface area contributed by atoms with E-state index in [0.29, 0.717) is 16.6 Å². The van der Waals surface area contributed by atoms with E-state index in [1.54, 1.807) is 12.1 Å². The van der Waals surface area contributed by atoms with Crippen LogP contribution in [0.15, 0.2) is 48.5 Å². The molecule has 29 heavy (non-hydrogen) atoms. The van der Waals surface area contributed by atoms with Crippen molar-refractivity contribution in [3.05, 3.63) is 64.7 Å². The summed E-state index contributed by atoms with van der Waals surface area (Å²) >= 11 is 6.13. The second kappa shape index (κ2) is 10.4. The van der Waals surface area contributed by atoms with Crippen molar-refractivity contribution >= 4 is 35.6 Å².